The molecule has 2 N–H and O–H groups in total. The molecule has 0 unspecified atom stereocenters. The number of hydrogen-bond acceptors (Lipinski definition) is 2. The maximum absolute atomic E-state index is 13.0. The third kappa shape index (κ3) is 2.14. The van der Waals surface area contributed by atoms with Crippen molar-refractivity contribution in [2.45, 2.75) is 0 Å². The van der Waals surface area contributed by atoms with Crippen LogP contribution in [-0.2, 0) is 4.84 Å². The molecular formula is C8H8F2N2O. The summed E-state index contributed by atoms with van der Waals surface area (Å²) in [7, 11) is 1.29. The molecule has 0 spiro atoms. The molecule has 0 aliphatic heterocycles. The van der Waals surface area contributed by atoms with E-state index in [1.54, 1.807) is 0 Å². The van der Waals surface area contributed by atoms with Crippen molar-refractivity contribution in [3.8, 4) is 0 Å². The first kappa shape index (κ1) is 9.44. The fourth-order valence-corrected chi connectivity index (χ4v) is 0.845. The second-order valence-corrected chi connectivity index (χ2v) is 2.28. The highest BCUT2D eigenvalue weighted by Gasteiger charge is 2.07. The highest BCUT2D eigenvalue weighted by Crippen LogP contribution is 2.08. The van der Waals surface area contributed by atoms with E-state index in [4.69, 9.17) is 5.73 Å². The van der Waals surface area contributed by atoms with Crippen LogP contribution >= 0.6 is 0 Å². The standard InChI is InChI=1S/C8H8F2N2O/c1-13-12-8(11)6-3-2-5(9)4-7(6)10/h2-4H,1H3,(H2,11,12). The van der Waals surface area contributed by atoms with Gasteiger partial charge in [-0.1, -0.05) is 5.16 Å². The lowest BCUT2D eigenvalue weighted by molar-refractivity contribution is 0.213. The minimum absolute atomic E-state index is 0.0169. The van der Waals surface area contributed by atoms with E-state index in [1.807, 2.05) is 0 Å². The van der Waals surface area contributed by atoms with Gasteiger partial charge >= 0.3 is 0 Å². The molecule has 0 fully saturated rings. The van der Waals surface area contributed by atoms with Gasteiger partial charge in [0.15, 0.2) is 5.84 Å². The summed E-state index contributed by atoms with van der Waals surface area (Å²) in [5, 5.41) is 3.32. The van der Waals surface area contributed by atoms with Gasteiger partial charge in [0, 0.05) is 6.07 Å². The lowest BCUT2D eigenvalue weighted by Crippen LogP contribution is -2.15. The molecular weight excluding hydrogens is 178 g/mol. The normalized spacial score (nSPS) is 11.5. The molecule has 3 nitrogen and oxygen atoms in total. The average molecular weight is 186 g/mol. The predicted molar refractivity (Wildman–Crippen MR) is 44.1 cm³/mol. The first-order valence-electron chi connectivity index (χ1n) is 3.47. The van der Waals surface area contributed by atoms with E-state index in [0.29, 0.717) is 0 Å². The van der Waals surface area contributed by atoms with Crippen molar-refractivity contribution in [2.75, 3.05) is 7.11 Å². The number of benzene rings is 1. The largest absolute Gasteiger partial charge is 0.397 e. The number of rotatable bonds is 2. The predicted octanol–water partition coefficient (Wildman–Crippen LogP) is 1.23. The lowest BCUT2D eigenvalue weighted by atomic mass is 10.2. The molecule has 13 heavy (non-hydrogen) atoms. The minimum Gasteiger partial charge on any atom is -0.397 e. The molecule has 0 aromatic heterocycles. The summed E-state index contributed by atoms with van der Waals surface area (Å²) in [5.41, 5.74) is 5.34. The third-order valence-electron chi connectivity index (χ3n) is 1.40. The van der Waals surface area contributed by atoms with E-state index < -0.39 is 11.6 Å². The molecule has 1 aromatic rings. The number of oxime groups is 1. The minimum atomic E-state index is -0.765. The number of hydrogen-bond donors (Lipinski definition) is 1. The van der Waals surface area contributed by atoms with Crippen molar-refractivity contribution in [1.29, 1.82) is 0 Å². The lowest BCUT2D eigenvalue weighted by Gasteiger charge is -2.00. The summed E-state index contributed by atoms with van der Waals surface area (Å²) < 4.78 is 25.4. The number of amidine groups is 1. The van der Waals surface area contributed by atoms with E-state index in [0.717, 1.165) is 12.1 Å². The van der Waals surface area contributed by atoms with Crippen LogP contribution in [0.25, 0.3) is 0 Å². The van der Waals surface area contributed by atoms with Gasteiger partial charge in [0.25, 0.3) is 0 Å². The van der Waals surface area contributed by atoms with Gasteiger partial charge in [0.2, 0.25) is 0 Å². The second kappa shape index (κ2) is 3.84. The van der Waals surface area contributed by atoms with Crippen LogP contribution in [0.1, 0.15) is 5.56 Å². The van der Waals surface area contributed by atoms with E-state index >= 15 is 0 Å². The van der Waals surface area contributed by atoms with Crippen molar-refractivity contribution >= 4 is 5.84 Å². The molecule has 0 bridgehead atoms. The highest BCUT2D eigenvalue weighted by molar-refractivity contribution is 5.97. The summed E-state index contributed by atoms with van der Waals surface area (Å²) >= 11 is 0. The van der Waals surface area contributed by atoms with Crippen LogP contribution in [0.15, 0.2) is 23.4 Å². The van der Waals surface area contributed by atoms with E-state index in [9.17, 15) is 8.78 Å². The van der Waals surface area contributed by atoms with Gasteiger partial charge in [-0.25, -0.2) is 8.78 Å². The molecule has 0 radical (unpaired) electrons. The smallest absolute Gasteiger partial charge is 0.173 e. The second-order valence-electron chi connectivity index (χ2n) is 2.28. The highest BCUT2D eigenvalue weighted by atomic mass is 19.1. The number of nitrogens with zero attached hydrogens (tertiary/aromatic N) is 1. The Morgan fingerprint density at radius 1 is 1.46 bits per heavy atom. The monoisotopic (exact) mass is 186 g/mol. The molecule has 0 amide bonds. The van der Waals surface area contributed by atoms with Crippen molar-refractivity contribution in [1.82, 2.24) is 0 Å². The fraction of sp³-hybridized carbons (Fsp3) is 0.125. The Balaban J connectivity index is 3.09. The maximum Gasteiger partial charge on any atom is 0.173 e. The Kier molecular flexibility index (Phi) is 2.79. The van der Waals surface area contributed by atoms with Crippen LogP contribution in [0.5, 0.6) is 0 Å². The van der Waals surface area contributed by atoms with Gasteiger partial charge in [-0.15, -0.1) is 0 Å². The van der Waals surface area contributed by atoms with Gasteiger partial charge in [0.05, 0.1) is 5.56 Å². The van der Waals surface area contributed by atoms with Crippen molar-refractivity contribution in [3.05, 3.63) is 35.4 Å². The SMILES string of the molecule is CON=C(N)c1ccc(F)cc1F. The van der Waals surface area contributed by atoms with Crippen LogP contribution in [-0.4, -0.2) is 12.9 Å². The topological polar surface area (TPSA) is 47.6 Å². The van der Waals surface area contributed by atoms with E-state index in [-0.39, 0.29) is 11.4 Å². The molecule has 5 heteroatoms. The molecule has 70 valence electrons. The fourth-order valence-electron chi connectivity index (χ4n) is 0.845. The summed E-state index contributed by atoms with van der Waals surface area (Å²) in [6.07, 6.45) is 0. The van der Waals surface area contributed by atoms with E-state index in [1.165, 1.54) is 13.2 Å². The first-order chi connectivity index (χ1) is 6.15. The Morgan fingerprint density at radius 2 is 2.15 bits per heavy atom. The van der Waals surface area contributed by atoms with Crippen molar-refractivity contribution < 1.29 is 13.6 Å². The Bertz CT molecular complexity index is 339. The number of halogens is 2. The van der Waals surface area contributed by atoms with Gasteiger partial charge in [-0.2, -0.15) is 0 Å². The number of nitrogens with two attached hydrogens (primary N) is 1. The Hall–Kier alpha value is -1.65. The summed E-state index contributed by atoms with van der Waals surface area (Å²) in [6.45, 7) is 0. The quantitative estimate of drug-likeness (QED) is 0.429. The van der Waals surface area contributed by atoms with Gasteiger partial charge in [-0.3, -0.25) is 0 Å². The molecule has 0 saturated heterocycles. The van der Waals surface area contributed by atoms with Crippen LogP contribution in [0, 0.1) is 11.6 Å². The summed E-state index contributed by atoms with van der Waals surface area (Å²) in [6, 6.07) is 3.02. The zero-order valence-corrected chi connectivity index (χ0v) is 6.92. The van der Waals surface area contributed by atoms with Crippen LogP contribution < -0.4 is 5.73 Å². The molecule has 1 rings (SSSR count). The molecule has 0 saturated carbocycles. The maximum atomic E-state index is 13.0. The molecule has 0 atom stereocenters. The van der Waals surface area contributed by atoms with Crippen LogP contribution in [0.3, 0.4) is 0 Å². The molecule has 0 aliphatic rings. The molecule has 1 aromatic carbocycles. The summed E-state index contributed by atoms with van der Waals surface area (Å²) in [4.78, 5) is 4.35. The van der Waals surface area contributed by atoms with Gasteiger partial charge in [-0.05, 0) is 12.1 Å². The third-order valence-corrected chi connectivity index (χ3v) is 1.40. The molecule has 0 aliphatic carbocycles. The van der Waals surface area contributed by atoms with Gasteiger partial charge < -0.3 is 10.6 Å². The summed E-state index contributed by atoms with van der Waals surface area (Å²) in [5.74, 6) is -1.55. The Labute approximate surface area is 73.8 Å². The van der Waals surface area contributed by atoms with E-state index in [2.05, 4.69) is 9.99 Å². The Morgan fingerprint density at radius 3 is 2.69 bits per heavy atom. The van der Waals surface area contributed by atoms with Crippen molar-refractivity contribution in [3.63, 3.8) is 0 Å². The van der Waals surface area contributed by atoms with Crippen molar-refractivity contribution in [2.24, 2.45) is 10.9 Å². The molecule has 0 heterocycles. The van der Waals surface area contributed by atoms with Crippen LogP contribution in [0.2, 0.25) is 0 Å². The van der Waals surface area contributed by atoms with Crippen LogP contribution in [0.4, 0.5) is 8.78 Å². The zero-order chi connectivity index (χ0) is 9.84. The first-order valence-corrected chi connectivity index (χ1v) is 3.47. The average Bonchev–Trinajstić information content (AvgIpc) is 2.04. The van der Waals surface area contributed by atoms with Gasteiger partial charge in [0.1, 0.15) is 18.7 Å². The zero-order valence-electron chi connectivity index (χ0n) is 6.92.